The summed E-state index contributed by atoms with van der Waals surface area (Å²) in [5, 5.41) is 4.32. The molecule has 0 spiro atoms. The number of thiazole rings is 2. The molecule has 0 radical (unpaired) electrons. The molecule has 4 aromatic rings. The van der Waals surface area contributed by atoms with Gasteiger partial charge in [0.15, 0.2) is 20.1 Å². The summed E-state index contributed by atoms with van der Waals surface area (Å²) in [7, 11) is -1.65. The number of rotatable bonds is 5. The summed E-state index contributed by atoms with van der Waals surface area (Å²) < 4.78 is 30.7. The maximum absolute atomic E-state index is 13.0. The standard InChI is InChI=1S/C22H22N4O4S3/c1-30-14-5-7-17-18(10-14)32-22(24-17)26-9-3-4-13(12-26)20(27)25-21-23-16-8-6-15(33(2,28)29)11-19(16)31-21/h5-8,10-11,13H,3-4,9,12H2,1-2H3,(H,23,25,27). The van der Waals surface area contributed by atoms with Crippen LogP contribution in [-0.2, 0) is 14.6 Å². The van der Waals surface area contributed by atoms with Crippen molar-refractivity contribution in [2.24, 2.45) is 5.92 Å². The Morgan fingerprint density at radius 1 is 1.12 bits per heavy atom. The maximum atomic E-state index is 13.0. The van der Waals surface area contributed by atoms with Gasteiger partial charge in [-0.2, -0.15) is 0 Å². The highest BCUT2D eigenvalue weighted by Gasteiger charge is 2.28. The molecule has 2 aromatic carbocycles. The number of nitrogens with zero attached hydrogens (tertiary/aromatic N) is 3. The second-order valence-corrected chi connectivity index (χ2v) is 12.1. The highest BCUT2D eigenvalue weighted by atomic mass is 32.2. The Kier molecular flexibility index (Phi) is 5.71. The number of carbonyl (C=O) groups excluding carboxylic acids is 1. The minimum Gasteiger partial charge on any atom is -0.497 e. The first-order chi connectivity index (χ1) is 15.8. The number of anilines is 2. The van der Waals surface area contributed by atoms with Gasteiger partial charge in [0.1, 0.15) is 5.75 Å². The number of aromatic nitrogens is 2. The summed E-state index contributed by atoms with van der Waals surface area (Å²) in [6, 6.07) is 10.6. The molecule has 0 aliphatic carbocycles. The molecule has 172 valence electrons. The number of nitrogens with one attached hydrogen (secondary N) is 1. The van der Waals surface area contributed by atoms with Gasteiger partial charge in [0.25, 0.3) is 0 Å². The zero-order chi connectivity index (χ0) is 23.2. The lowest BCUT2D eigenvalue weighted by atomic mass is 9.97. The number of ether oxygens (including phenoxy) is 1. The SMILES string of the molecule is COc1ccc2nc(N3CCCC(C(=O)Nc4nc5ccc(S(C)(=O)=O)cc5s4)C3)sc2c1. The van der Waals surface area contributed by atoms with Gasteiger partial charge in [-0.15, -0.1) is 0 Å². The van der Waals surface area contributed by atoms with Crippen LogP contribution in [-0.4, -0.2) is 50.7 Å². The largest absolute Gasteiger partial charge is 0.497 e. The van der Waals surface area contributed by atoms with Gasteiger partial charge in [0.2, 0.25) is 5.91 Å². The molecule has 1 aliphatic heterocycles. The van der Waals surface area contributed by atoms with Crippen LogP contribution in [0.3, 0.4) is 0 Å². The normalized spacial score (nSPS) is 16.9. The Balaban J connectivity index is 1.31. The predicted octanol–water partition coefficient (Wildman–Crippen LogP) is 4.17. The van der Waals surface area contributed by atoms with Crippen molar-refractivity contribution < 1.29 is 17.9 Å². The van der Waals surface area contributed by atoms with E-state index >= 15 is 0 Å². The fraction of sp³-hybridized carbons (Fsp3) is 0.318. The molecule has 8 nitrogen and oxygen atoms in total. The van der Waals surface area contributed by atoms with Crippen LogP contribution in [0, 0.1) is 5.92 Å². The second-order valence-electron chi connectivity index (χ2n) is 8.03. The van der Waals surface area contributed by atoms with Crippen molar-refractivity contribution >= 4 is 69.1 Å². The Morgan fingerprint density at radius 3 is 2.67 bits per heavy atom. The van der Waals surface area contributed by atoms with E-state index in [2.05, 4.69) is 15.2 Å². The molecule has 1 amide bonds. The molecule has 1 N–H and O–H groups in total. The van der Waals surface area contributed by atoms with Crippen LogP contribution in [0.25, 0.3) is 20.4 Å². The molecule has 11 heteroatoms. The number of piperidine rings is 1. The predicted molar refractivity (Wildman–Crippen MR) is 132 cm³/mol. The molecule has 2 aromatic heterocycles. The minimum atomic E-state index is -3.30. The van der Waals surface area contributed by atoms with Crippen LogP contribution >= 0.6 is 22.7 Å². The lowest BCUT2D eigenvalue weighted by Gasteiger charge is -2.31. The van der Waals surface area contributed by atoms with E-state index in [0.717, 1.165) is 45.2 Å². The topological polar surface area (TPSA) is 101 Å². The molecule has 1 atom stereocenters. The summed E-state index contributed by atoms with van der Waals surface area (Å²) in [5.41, 5.74) is 1.59. The Morgan fingerprint density at radius 2 is 1.88 bits per heavy atom. The number of methoxy groups -OCH3 is 1. The first-order valence-electron chi connectivity index (χ1n) is 10.4. The highest BCUT2D eigenvalue weighted by Crippen LogP contribution is 2.34. The van der Waals surface area contributed by atoms with Gasteiger partial charge in [-0.3, -0.25) is 4.79 Å². The van der Waals surface area contributed by atoms with Crippen LogP contribution < -0.4 is 15.0 Å². The van der Waals surface area contributed by atoms with Crippen LogP contribution in [0.1, 0.15) is 12.8 Å². The number of hydrogen-bond donors (Lipinski definition) is 1. The van der Waals surface area contributed by atoms with Gasteiger partial charge in [-0.1, -0.05) is 22.7 Å². The lowest BCUT2D eigenvalue weighted by Crippen LogP contribution is -2.40. The first kappa shape index (κ1) is 22.1. The number of fused-ring (bicyclic) bond motifs is 2. The van der Waals surface area contributed by atoms with Crippen molar-refractivity contribution in [2.45, 2.75) is 17.7 Å². The lowest BCUT2D eigenvalue weighted by molar-refractivity contribution is -0.120. The van der Waals surface area contributed by atoms with Gasteiger partial charge >= 0.3 is 0 Å². The molecule has 1 fully saturated rings. The van der Waals surface area contributed by atoms with Gasteiger partial charge in [-0.05, 0) is 49.2 Å². The number of hydrogen-bond acceptors (Lipinski definition) is 9. The fourth-order valence-electron chi connectivity index (χ4n) is 3.92. The third-order valence-corrected chi connectivity index (χ3v) is 8.79. The molecule has 1 saturated heterocycles. The van der Waals surface area contributed by atoms with E-state index < -0.39 is 9.84 Å². The smallest absolute Gasteiger partial charge is 0.231 e. The Bertz CT molecular complexity index is 1460. The van der Waals surface area contributed by atoms with Crippen molar-refractivity contribution in [2.75, 3.05) is 36.7 Å². The average molecular weight is 503 g/mol. The Hall–Kier alpha value is -2.76. The average Bonchev–Trinajstić information content (AvgIpc) is 3.40. The van der Waals surface area contributed by atoms with E-state index in [4.69, 9.17) is 9.72 Å². The van der Waals surface area contributed by atoms with E-state index in [-0.39, 0.29) is 16.7 Å². The highest BCUT2D eigenvalue weighted by molar-refractivity contribution is 7.90. The monoisotopic (exact) mass is 502 g/mol. The Labute approximate surface area is 199 Å². The second kappa shape index (κ2) is 8.54. The van der Waals surface area contributed by atoms with Gasteiger partial charge < -0.3 is 15.0 Å². The van der Waals surface area contributed by atoms with E-state index in [1.807, 2.05) is 18.2 Å². The van der Waals surface area contributed by atoms with E-state index in [9.17, 15) is 13.2 Å². The molecular formula is C22H22N4O4S3. The third kappa shape index (κ3) is 4.53. The molecule has 1 aliphatic rings. The summed E-state index contributed by atoms with van der Waals surface area (Å²) in [6.45, 7) is 1.45. The third-order valence-electron chi connectivity index (χ3n) is 5.67. The van der Waals surface area contributed by atoms with Crippen LogP contribution in [0.5, 0.6) is 5.75 Å². The maximum Gasteiger partial charge on any atom is 0.231 e. The van der Waals surface area contributed by atoms with Gasteiger partial charge in [-0.25, -0.2) is 18.4 Å². The van der Waals surface area contributed by atoms with Crippen LogP contribution in [0.15, 0.2) is 41.3 Å². The number of sulfone groups is 1. The summed E-state index contributed by atoms with van der Waals surface area (Å²) >= 11 is 2.88. The molecule has 0 bridgehead atoms. The zero-order valence-electron chi connectivity index (χ0n) is 18.1. The number of benzene rings is 2. The van der Waals surface area contributed by atoms with Crippen LogP contribution in [0.4, 0.5) is 10.3 Å². The van der Waals surface area contributed by atoms with Crippen molar-refractivity contribution in [1.82, 2.24) is 9.97 Å². The molecule has 33 heavy (non-hydrogen) atoms. The van der Waals surface area contributed by atoms with Gasteiger partial charge in [0.05, 0.1) is 38.4 Å². The molecule has 5 rings (SSSR count). The molecule has 1 unspecified atom stereocenters. The van der Waals surface area contributed by atoms with Crippen molar-refractivity contribution in [1.29, 1.82) is 0 Å². The van der Waals surface area contributed by atoms with Gasteiger partial charge in [0, 0.05) is 19.3 Å². The first-order valence-corrected chi connectivity index (χ1v) is 13.9. The number of carbonyl (C=O) groups is 1. The van der Waals surface area contributed by atoms with E-state index in [1.165, 1.54) is 23.7 Å². The zero-order valence-corrected chi connectivity index (χ0v) is 20.5. The van der Waals surface area contributed by atoms with Crippen molar-refractivity contribution in [3.63, 3.8) is 0 Å². The molecular weight excluding hydrogens is 480 g/mol. The molecule has 0 saturated carbocycles. The number of amides is 1. The van der Waals surface area contributed by atoms with Crippen molar-refractivity contribution in [3.8, 4) is 5.75 Å². The van der Waals surface area contributed by atoms with E-state index in [1.54, 1.807) is 30.6 Å². The molecule has 3 heterocycles. The van der Waals surface area contributed by atoms with Crippen LogP contribution in [0.2, 0.25) is 0 Å². The van der Waals surface area contributed by atoms with E-state index in [0.29, 0.717) is 17.2 Å². The fourth-order valence-corrected chi connectivity index (χ4v) is 6.58. The summed E-state index contributed by atoms with van der Waals surface area (Å²) in [4.78, 5) is 24.6. The van der Waals surface area contributed by atoms with Crippen molar-refractivity contribution in [3.05, 3.63) is 36.4 Å². The quantitative estimate of drug-likeness (QED) is 0.437. The summed E-state index contributed by atoms with van der Waals surface area (Å²) in [5.74, 6) is 0.539. The minimum absolute atomic E-state index is 0.0788. The summed E-state index contributed by atoms with van der Waals surface area (Å²) in [6.07, 6.45) is 2.87.